The van der Waals surface area contributed by atoms with Gasteiger partial charge in [0.1, 0.15) is 22.7 Å². The number of ether oxygens (including phenoxy) is 1. The first kappa shape index (κ1) is 28.5. The molecule has 0 radical (unpaired) electrons. The summed E-state index contributed by atoms with van der Waals surface area (Å²) < 4.78 is 16.3. The molecule has 0 unspecified atom stereocenters. The summed E-state index contributed by atoms with van der Waals surface area (Å²) in [6, 6.07) is 61.5. The van der Waals surface area contributed by atoms with Crippen molar-refractivity contribution in [3.63, 3.8) is 0 Å². The molecule has 4 heteroatoms. The van der Waals surface area contributed by atoms with Crippen molar-refractivity contribution in [3.05, 3.63) is 170 Å². The molecule has 3 nitrogen and oxygen atoms in total. The molecule has 0 amide bonds. The lowest BCUT2D eigenvalue weighted by molar-refractivity contribution is 0.489. The molecule has 4 heterocycles. The second kappa shape index (κ2) is 10.3. The van der Waals surface area contributed by atoms with Gasteiger partial charge in [-0.25, -0.2) is 0 Å². The lowest BCUT2D eigenvalue weighted by Gasteiger charge is -2.29. The molecule has 54 heavy (non-hydrogen) atoms. The van der Waals surface area contributed by atoms with E-state index in [0.717, 1.165) is 44.6 Å². The molecular weight excluding hydrogens is 657 g/mol. The maximum Gasteiger partial charge on any atom is 0.252 e. The van der Waals surface area contributed by atoms with Crippen LogP contribution in [-0.4, -0.2) is 11.1 Å². The molecule has 9 aromatic carbocycles. The van der Waals surface area contributed by atoms with E-state index in [0.29, 0.717) is 0 Å². The highest BCUT2D eigenvalue weighted by atomic mass is 16.5. The van der Waals surface area contributed by atoms with Gasteiger partial charge >= 0.3 is 0 Å². The van der Waals surface area contributed by atoms with Crippen LogP contribution in [0.4, 0.5) is 0 Å². The molecule has 0 bridgehead atoms. The van der Waals surface area contributed by atoms with Gasteiger partial charge in [-0.2, -0.15) is 0 Å². The van der Waals surface area contributed by atoms with Crippen LogP contribution in [0, 0.1) is 0 Å². The first-order valence-electron chi connectivity index (χ1n) is 18.6. The molecule has 0 saturated carbocycles. The standard InChI is InChI=1S/C50H28BNO2/c1-3-15-33-29(11-1)23-25-43-46(33)51(47-34-16-4-2-12-30(34)24-26-44(47)53-43)32-14-9-13-31(27-32)35-19-10-20-37-40-28-39-36-17-5-7-21-41(36)52-42-22-8-6-18-38(42)45(48(39)52)50(40)54-49(35)37/h1-28H. The van der Waals surface area contributed by atoms with Gasteiger partial charge in [-0.3, -0.25) is 0 Å². The molecule has 1 aliphatic heterocycles. The highest BCUT2D eigenvalue weighted by molar-refractivity contribution is 6.99. The summed E-state index contributed by atoms with van der Waals surface area (Å²) in [4.78, 5) is 0. The number of hydrogen-bond acceptors (Lipinski definition) is 2. The average Bonchev–Trinajstić information content (AvgIpc) is 3.89. The fourth-order valence-electron chi connectivity index (χ4n) is 9.79. The summed E-state index contributed by atoms with van der Waals surface area (Å²) >= 11 is 0. The van der Waals surface area contributed by atoms with E-state index >= 15 is 0 Å². The Morgan fingerprint density at radius 1 is 0.426 bits per heavy atom. The van der Waals surface area contributed by atoms with Crippen molar-refractivity contribution in [1.82, 2.24) is 4.40 Å². The minimum absolute atomic E-state index is 0.0398. The first-order chi connectivity index (χ1) is 26.8. The maximum absolute atomic E-state index is 7.13. The van der Waals surface area contributed by atoms with Crippen LogP contribution in [0.25, 0.3) is 92.7 Å². The van der Waals surface area contributed by atoms with Crippen LogP contribution in [-0.2, 0) is 0 Å². The summed E-state index contributed by atoms with van der Waals surface area (Å²) in [6.07, 6.45) is 0. The van der Waals surface area contributed by atoms with E-state index in [1.54, 1.807) is 0 Å². The van der Waals surface area contributed by atoms with E-state index in [1.807, 2.05) is 0 Å². The van der Waals surface area contributed by atoms with E-state index < -0.39 is 0 Å². The average molecular weight is 686 g/mol. The van der Waals surface area contributed by atoms with E-state index in [2.05, 4.69) is 174 Å². The Hall–Kier alpha value is -7.04. The zero-order valence-electron chi connectivity index (χ0n) is 29.0. The van der Waals surface area contributed by atoms with Gasteiger partial charge in [0.2, 0.25) is 0 Å². The number of hydrogen-bond donors (Lipinski definition) is 0. The highest BCUT2D eigenvalue weighted by Crippen LogP contribution is 2.46. The van der Waals surface area contributed by atoms with Gasteiger partial charge in [0, 0.05) is 32.5 Å². The normalized spacial score (nSPS) is 12.9. The Morgan fingerprint density at radius 3 is 1.78 bits per heavy atom. The monoisotopic (exact) mass is 685 g/mol. The zero-order valence-corrected chi connectivity index (χ0v) is 29.0. The second-order valence-electron chi connectivity index (χ2n) is 14.7. The summed E-state index contributed by atoms with van der Waals surface area (Å²) in [5.74, 6) is 1.82. The quantitative estimate of drug-likeness (QED) is 0.169. The third-order valence-corrected chi connectivity index (χ3v) is 12.0. The number of rotatable bonds is 2. The molecule has 0 fully saturated rings. The molecule has 1 aliphatic rings. The summed E-state index contributed by atoms with van der Waals surface area (Å²) in [5.41, 5.74) is 11.4. The largest absolute Gasteiger partial charge is 0.458 e. The molecule has 3 aromatic heterocycles. The predicted octanol–water partition coefficient (Wildman–Crippen LogP) is 11.3. The van der Waals surface area contributed by atoms with Crippen molar-refractivity contribution in [2.45, 2.75) is 0 Å². The fourth-order valence-corrected chi connectivity index (χ4v) is 9.79. The van der Waals surface area contributed by atoms with Crippen LogP contribution in [0.5, 0.6) is 11.5 Å². The number of furan rings is 1. The number of para-hydroxylation sites is 3. The van der Waals surface area contributed by atoms with E-state index in [-0.39, 0.29) is 6.71 Å². The third kappa shape index (κ3) is 3.62. The molecule has 0 aliphatic carbocycles. The SMILES string of the molecule is c1cc(B2c3c(ccc4ccccc34)Oc3ccc4ccccc4c32)cc(-c2cccc3c2oc2c3cc3c4ccccc4n4c5ccccc5c2c34)c1. The molecular formula is C50H28BNO2. The van der Waals surface area contributed by atoms with Crippen molar-refractivity contribution >= 4 is 105 Å². The summed E-state index contributed by atoms with van der Waals surface area (Å²) in [7, 11) is 0. The lowest BCUT2D eigenvalue weighted by atomic mass is 9.34. The smallest absolute Gasteiger partial charge is 0.252 e. The zero-order chi connectivity index (χ0) is 35.1. The van der Waals surface area contributed by atoms with Crippen LogP contribution in [0.3, 0.4) is 0 Å². The van der Waals surface area contributed by atoms with Gasteiger partial charge in [-0.05, 0) is 68.4 Å². The van der Waals surface area contributed by atoms with Crippen molar-refractivity contribution in [3.8, 4) is 22.6 Å². The van der Waals surface area contributed by atoms with Crippen LogP contribution in [0.2, 0.25) is 0 Å². The molecule has 0 saturated heterocycles. The third-order valence-electron chi connectivity index (χ3n) is 12.0. The Balaban J connectivity index is 1.08. The second-order valence-corrected chi connectivity index (χ2v) is 14.7. The predicted molar refractivity (Wildman–Crippen MR) is 226 cm³/mol. The fraction of sp³-hybridized carbons (Fsp3) is 0. The Bertz CT molecular complexity index is 3470. The van der Waals surface area contributed by atoms with Gasteiger partial charge in [0.05, 0.1) is 21.9 Å². The lowest BCUT2D eigenvalue weighted by Crippen LogP contribution is -2.55. The van der Waals surface area contributed by atoms with Crippen molar-refractivity contribution < 1.29 is 9.15 Å². The van der Waals surface area contributed by atoms with Gasteiger partial charge in [0.25, 0.3) is 6.71 Å². The highest BCUT2D eigenvalue weighted by Gasteiger charge is 2.35. The van der Waals surface area contributed by atoms with Crippen molar-refractivity contribution in [2.75, 3.05) is 0 Å². The topological polar surface area (TPSA) is 26.8 Å². The van der Waals surface area contributed by atoms with Gasteiger partial charge in [0.15, 0.2) is 0 Å². The summed E-state index contributed by atoms with van der Waals surface area (Å²) in [6.45, 7) is -0.0398. The molecule has 248 valence electrons. The molecule has 0 atom stereocenters. The Morgan fingerprint density at radius 2 is 1.04 bits per heavy atom. The van der Waals surface area contributed by atoms with Crippen molar-refractivity contribution in [1.29, 1.82) is 0 Å². The van der Waals surface area contributed by atoms with Gasteiger partial charge in [-0.15, -0.1) is 0 Å². The minimum atomic E-state index is -0.0398. The van der Waals surface area contributed by atoms with Crippen molar-refractivity contribution in [2.24, 2.45) is 0 Å². The molecule has 12 aromatic rings. The van der Waals surface area contributed by atoms with Crippen LogP contribution in [0.15, 0.2) is 174 Å². The van der Waals surface area contributed by atoms with E-state index in [9.17, 15) is 0 Å². The number of nitrogens with zero attached hydrogens (tertiary/aromatic N) is 1. The Kier molecular flexibility index (Phi) is 5.45. The first-order valence-corrected chi connectivity index (χ1v) is 18.6. The minimum Gasteiger partial charge on any atom is -0.458 e. The number of benzene rings is 9. The molecule has 0 N–H and O–H groups in total. The maximum atomic E-state index is 7.13. The molecule has 13 rings (SSSR count). The van der Waals surface area contributed by atoms with E-state index in [4.69, 9.17) is 9.15 Å². The van der Waals surface area contributed by atoms with E-state index in [1.165, 1.54) is 76.0 Å². The molecule has 0 spiro atoms. The van der Waals surface area contributed by atoms with Crippen LogP contribution >= 0.6 is 0 Å². The van der Waals surface area contributed by atoms with Gasteiger partial charge in [-0.1, -0.05) is 145 Å². The number of fused-ring (bicyclic) bond motifs is 16. The number of aromatic nitrogens is 1. The van der Waals surface area contributed by atoms with Gasteiger partial charge < -0.3 is 13.6 Å². The summed E-state index contributed by atoms with van der Waals surface area (Å²) in [5, 5.41) is 12.0. The Labute approximate surface area is 309 Å². The van der Waals surface area contributed by atoms with Crippen LogP contribution in [0.1, 0.15) is 0 Å². The van der Waals surface area contributed by atoms with Crippen LogP contribution < -0.4 is 21.1 Å².